The van der Waals surface area contributed by atoms with Crippen molar-refractivity contribution in [2.75, 3.05) is 13.1 Å². The number of fused-ring (bicyclic) bond motifs is 1. The van der Waals surface area contributed by atoms with Crippen molar-refractivity contribution in [3.63, 3.8) is 0 Å². The molecule has 4 aromatic rings. The maximum Gasteiger partial charge on any atom is 0.416 e. The average molecular weight is 583 g/mol. The van der Waals surface area contributed by atoms with Crippen LogP contribution in [0.25, 0.3) is 11.0 Å². The van der Waals surface area contributed by atoms with Gasteiger partial charge in [0.2, 0.25) is 5.91 Å². The Bertz CT molecular complexity index is 1610. The molecular formula is C32H30F4N2O4. The molecule has 0 spiro atoms. The number of alkyl halides is 3. The molecule has 42 heavy (non-hydrogen) atoms. The first-order valence-electron chi connectivity index (χ1n) is 13.4. The van der Waals surface area contributed by atoms with Crippen LogP contribution < -0.4 is 5.43 Å². The monoisotopic (exact) mass is 582 g/mol. The van der Waals surface area contributed by atoms with Crippen LogP contribution in [0.1, 0.15) is 47.3 Å². The van der Waals surface area contributed by atoms with E-state index < -0.39 is 35.9 Å². The van der Waals surface area contributed by atoms with Gasteiger partial charge in [0.1, 0.15) is 17.9 Å². The summed E-state index contributed by atoms with van der Waals surface area (Å²) in [5, 5.41) is 0.336. The van der Waals surface area contributed by atoms with Crippen LogP contribution in [-0.2, 0) is 24.1 Å². The molecule has 0 atom stereocenters. The van der Waals surface area contributed by atoms with Crippen molar-refractivity contribution in [2.24, 2.45) is 5.92 Å². The Labute approximate surface area is 240 Å². The van der Waals surface area contributed by atoms with E-state index >= 15 is 0 Å². The van der Waals surface area contributed by atoms with Crippen LogP contribution in [0.2, 0.25) is 0 Å². The van der Waals surface area contributed by atoms with Crippen LogP contribution in [0, 0.1) is 11.7 Å². The summed E-state index contributed by atoms with van der Waals surface area (Å²) in [5.74, 6) is -1.58. The van der Waals surface area contributed by atoms with Crippen LogP contribution in [0.4, 0.5) is 17.6 Å². The summed E-state index contributed by atoms with van der Waals surface area (Å²) < 4.78 is 59.1. The van der Waals surface area contributed by atoms with Crippen molar-refractivity contribution < 1.29 is 31.6 Å². The minimum Gasteiger partial charge on any atom is -0.464 e. The number of para-hydroxylation sites is 1. The number of hydrogen-bond donors (Lipinski definition) is 0. The van der Waals surface area contributed by atoms with Gasteiger partial charge in [-0.25, -0.2) is 4.39 Å². The Balaban J connectivity index is 1.65. The quantitative estimate of drug-likeness (QED) is 0.196. The molecule has 0 fully saturated rings. The fourth-order valence-electron chi connectivity index (χ4n) is 4.42. The second-order valence-corrected chi connectivity index (χ2v) is 10.5. The van der Waals surface area contributed by atoms with Gasteiger partial charge in [0.15, 0.2) is 5.43 Å². The van der Waals surface area contributed by atoms with Gasteiger partial charge in [0.25, 0.3) is 5.91 Å². The van der Waals surface area contributed by atoms with Gasteiger partial charge in [0, 0.05) is 18.7 Å². The number of halogens is 4. The third kappa shape index (κ3) is 7.63. The third-order valence-electron chi connectivity index (χ3n) is 6.78. The summed E-state index contributed by atoms with van der Waals surface area (Å²) in [4.78, 5) is 42.9. The van der Waals surface area contributed by atoms with Gasteiger partial charge in [-0.1, -0.05) is 44.2 Å². The molecule has 6 nitrogen and oxygen atoms in total. The van der Waals surface area contributed by atoms with Crippen molar-refractivity contribution in [1.29, 1.82) is 0 Å². The highest BCUT2D eigenvalue weighted by Gasteiger charge is 2.32. The van der Waals surface area contributed by atoms with Crippen molar-refractivity contribution in [3.05, 3.63) is 117 Å². The number of nitrogens with zero attached hydrogens (tertiary/aromatic N) is 2. The van der Waals surface area contributed by atoms with Crippen molar-refractivity contribution >= 4 is 22.8 Å². The highest BCUT2D eigenvalue weighted by Crippen LogP contribution is 2.30. The first kappa shape index (κ1) is 30.5. The molecule has 0 radical (unpaired) electrons. The van der Waals surface area contributed by atoms with Gasteiger partial charge in [-0.15, -0.1) is 0 Å². The van der Waals surface area contributed by atoms with Crippen LogP contribution in [0.5, 0.6) is 0 Å². The second kappa shape index (κ2) is 13.0. The molecule has 220 valence electrons. The number of hydrogen-bond acceptors (Lipinski definition) is 4. The molecule has 0 aliphatic carbocycles. The van der Waals surface area contributed by atoms with E-state index in [1.807, 2.05) is 13.8 Å². The third-order valence-corrected chi connectivity index (χ3v) is 6.78. The summed E-state index contributed by atoms with van der Waals surface area (Å²) in [5.41, 5.74) is -0.333. The lowest BCUT2D eigenvalue weighted by Crippen LogP contribution is -2.43. The van der Waals surface area contributed by atoms with E-state index in [9.17, 15) is 31.9 Å². The smallest absolute Gasteiger partial charge is 0.416 e. The molecule has 0 N–H and O–H groups in total. The Hall–Kier alpha value is -4.47. The molecule has 3 aromatic carbocycles. The van der Waals surface area contributed by atoms with Crippen molar-refractivity contribution in [1.82, 2.24) is 9.80 Å². The van der Waals surface area contributed by atoms with E-state index in [0.29, 0.717) is 23.0 Å². The summed E-state index contributed by atoms with van der Waals surface area (Å²) in [6.45, 7) is 3.35. The van der Waals surface area contributed by atoms with E-state index in [1.54, 1.807) is 24.3 Å². The van der Waals surface area contributed by atoms with E-state index in [-0.39, 0.29) is 42.1 Å². The standard InChI is InChI=1S/C32H30F4N2O4/c1-21(2)14-15-37(31(41)23-6-5-7-25(16-23)32(34,35)36)19-29(39)38(17-22-10-12-26(33)13-11-22)18-24-20-42-28-9-4-3-8-27(28)30(24)40/h3-13,16,20-21H,14-15,17-19H2,1-2H3. The van der Waals surface area contributed by atoms with E-state index in [4.69, 9.17) is 4.42 Å². The van der Waals surface area contributed by atoms with Crippen LogP contribution in [0.3, 0.4) is 0 Å². The summed E-state index contributed by atoms with van der Waals surface area (Å²) in [6, 6.07) is 16.2. The molecule has 0 aliphatic rings. The van der Waals surface area contributed by atoms with Gasteiger partial charge in [-0.05, 0) is 60.4 Å². The summed E-state index contributed by atoms with van der Waals surface area (Å²) >= 11 is 0. The maximum atomic E-state index is 13.8. The lowest BCUT2D eigenvalue weighted by atomic mass is 10.1. The summed E-state index contributed by atoms with van der Waals surface area (Å²) in [6.07, 6.45) is -2.86. The molecule has 1 heterocycles. The predicted octanol–water partition coefficient (Wildman–Crippen LogP) is 6.67. The Morgan fingerprint density at radius 1 is 0.905 bits per heavy atom. The molecule has 10 heteroatoms. The first-order valence-corrected chi connectivity index (χ1v) is 13.4. The normalized spacial score (nSPS) is 11.6. The SMILES string of the molecule is CC(C)CCN(CC(=O)N(Cc1ccc(F)cc1)Cc1coc2ccccc2c1=O)C(=O)c1cccc(C(F)(F)F)c1. The topological polar surface area (TPSA) is 70.8 Å². The lowest BCUT2D eigenvalue weighted by Gasteiger charge is -2.28. The van der Waals surface area contributed by atoms with Gasteiger partial charge in [-0.2, -0.15) is 13.2 Å². The number of rotatable bonds is 10. The average Bonchev–Trinajstić information content (AvgIpc) is 2.96. The molecule has 2 amide bonds. The van der Waals surface area contributed by atoms with Crippen molar-refractivity contribution in [2.45, 2.75) is 39.5 Å². The second-order valence-electron chi connectivity index (χ2n) is 10.5. The Morgan fingerprint density at radius 2 is 1.62 bits per heavy atom. The predicted molar refractivity (Wildman–Crippen MR) is 150 cm³/mol. The van der Waals surface area contributed by atoms with Gasteiger partial charge >= 0.3 is 6.18 Å². The zero-order chi connectivity index (χ0) is 30.4. The van der Waals surface area contributed by atoms with Gasteiger partial charge < -0.3 is 14.2 Å². The van der Waals surface area contributed by atoms with E-state index in [1.165, 1.54) is 46.4 Å². The number of carbonyl (C=O) groups is 2. The zero-order valence-corrected chi connectivity index (χ0v) is 23.2. The van der Waals surface area contributed by atoms with Gasteiger partial charge in [-0.3, -0.25) is 14.4 Å². The van der Waals surface area contributed by atoms with E-state index in [2.05, 4.69) is 0 Å². The molecule has 0 unspecified atom stereocenters. The largest absolute Gasteiger partial charge is 0.464 e. The molecular weight excluding hydrogens is 552 g/mol. The summed E-state index contributed by atoms with van der Waals surface area (Å²) in [7, 11) is 0. The molecule has 0 saturated carbocycles. The van der Waals surface area contributed by atoms with Crippen molar-refractivity contribution in [3.8, 4) is 0 Å². The van der Waals surface area contributed by atoms with Gasteiger partial charge in [0.05, 0.1) is 29.3 Å². The fraction of sp³-hybridized carbons (Fsp3) is 0.281. The van der Waals surface area contributed by atoms with Crippen LogP contribution in [-0.4, -0.2) is 34.7 Å². The maximum absolute atomic E-state index is 13.8. The first-order chi connectivity index (χ1) is 19.9. The molecule has 4 rings (SSSR count). The van der Waals surface area contributed by atoms with Crippen LogP contribution >= 0.6 is 0 Å². The molecule has 0 aliphatic heterocycles. The number of benzene rings is 3. The van der Waals surface area contributed by atoms with E-state index in [0.717, 1.165) is 18.2 Å². The van der Waals surface area contributed by atoms with Crippen LogP contribution in [0.15, 0.2) is 88.3 Å². The molecule has 0 bridgehead atoms. The highest BCUT2D eigenvalue weighted by atomic mass is 19.4. The fourth-order valence-corrected chi connectivity index (χ4v) is 4.42. The number of carbonyl (C=O) groups excluding carboxylic acids is 2. The Morgan fingerprint density at radius 3 is 2.31 bits per heavy atom. The molecule has 1 aromatic heterocycles. The number of amides is 2. The highest BCUT2D eigenvalue weighted by molar-refractivity contribution is 5.96. The lowest BCUT2D eigenvalue weighted by molar-refractivity contribution is -0.137. The Kier molecular flexibility index (Phi) is 9.45. The zero-order valence-electron chi connectivity index (χ0n) is 23.2. The minimum atomic E-state index is -4.64. The minimum absolute atomic E-state index is 0.0127. The molecule has 0 saturated heterocycles.